The second-order valence-corrected chi connectivity index (χ2v) is 3.75. The first-order chi connectivity index (χ1) is 6.68. The number of pyridine rings is 1. The summed E-state index contributed by atoms with van der Waals surface area (Å²) >= 11 is 3.33. The zero-order valence-corrected chi connectivity index (χ0v) is 8.65. The van der Waals surface area contributed by atoms with Crippen molar-refractivity contribution < 1.29 is 9.90 Å². The Kier molecular flexibility index (Phi) is 2.21. The van der Waals surface area contributed by atoms with Crippen LogP contribution >= 0.6 is 15.9 Å². The lowest BCUT2D eigenvalue weighted by Gasteiger charge is -2.01. The number of benzene rings is 1. The highest BCUT2D eigenvalue weighted by atomic mass is 79.9. The number of nitrogens with zero attached hydrogens (tertiary/aromatic N) is 1. The van der Waals surface area contributed by atoms with Crippen molar-refractivity contribution in [2.45, 2.75) is 0 Å². The predicted octanol–water partition coefficient (Wildman–Crippen LogP) is 2.70. The highest BCUT2D eigenvalue weighted by Gasteiger charge is 2.08. The van der Waals surface area contributed by atoms with E-state index in [4.69, 9.17) is 5.11 Å². The van der Waals surface area contributed by atoms with E-state index in [2.05, 4.69) is 20.9 Å². The maximum Gasteiger partial charge on any atom is 0.355 e. The van der Waals surface area contributed by atoms with Gasteiger partial charge in [0.2, 0.25) is 0 Å². The summed E-state index contributed by atoms with van der Waals surface area (Å²) < 4.78 is 0.924. The molecule has 0 fully saturated rings. The Morgan fingerprint density at radius 1 is 1.36 bits per heavy atom. The van der Waals surface area contributed by atoms with Crippen molar-refractivity contribution >= 4 is 32.7 Å². The normalized spacial score (nSPS) is 10.4. The smallest absolute Gasteiger partial charge is 0.355 e. The number of hydrogen-bond donors (Lipinski definition) is 1. The Morgan fingerprint density at radius 2 is 2.14 bits per heavy atom. The Balaban J connectivity index is 2.81. The van der Waals surface area contributed by atoms with Gasteiger partial charge in [0.05, 0.1) is 0 Å². The molecule has 0 unspecified atom stereocenters. The number of carboxylic acids is 1. The summed E-state index contributed by atoms with van der Waals surface area (Å²) in [6.07, 6.45) is 1.50. The van der Waals surface area contributed by atoms with Crippen LogP contribution in [0.15, 0.2) is 34.9 Å². The van der Waals surface area contributed by atoms with E-state index < -0.39 is 5.97 Å². The molecule has 1 heterocycles. The van der Waals surface area contributed by atoms with E-state index in [9.17, 15) is 4.79 Å². The second-order valence-electron chi connectivity index (χ2n) is 2.83. The summed E-state index contributed by atoms with van der Waals surface area (Å²) in [6.45, 7) is 0. The molecule has 2 aromatic rings. The third-order valence-electron chi connectivity index (χ3n) is 1.93. The summed E-state index contributed by atoms with van der Waals surface area (Å²) in [5, 5.41) is 10.4. The average Bonchev–Trinajstić information content (AvgIpc) is 2.16. The monoisotopic (exact) mass is 251 g/mol. The van der Waals surface area contributed by atoms with Gasteiger partial charge in [0.25, 0.3) is 0 Å². The van der Waals surface area contributed by atoms with Crippen LogP contribution in [0.2, 0.25) is 0 Å². The van der Waals surface area contributed by atoms with Gasteiger partial charge < -0.3 is 5.11 Å². The lowest BCUT2D eigenvalue weighted by atomic mass is 10.1. The Morgan fingerprint density at radius 3 is 2.86 bits per heavy atom. The third kappa shape index (κ3) is 1.48. The molecule has 4 heteroatoms. The fraction of sp³-hybridized carbons (Fsp3) is 0. The molecule has 1 aromatic heterocycles. The van der Waals surface area contributed by atoms with Crippen molar-refractivity contribution in [1.82, 2.24) is 4.98 Å². The van der Waals surface area contributed by atoms with E-state index >= 15 is 0 Å². The largest absolute Gasteiger partial charge is 0.476 e. The van der Waals surface area contributed by atoms with Crippen molar-refractivity contribution in [3.8, 4) is 0 Å². The molecule has 0 bridgehead atoms. The van der Waals surface area contributed by atoms with E-state index in [1.54, 1.807) is 18.2 Å². The minimum atomic E-state index is -1.00. The molecule has 2 rings (SSSR count). The lowest BCUT2D eigenvalue weighted by molar-refractivity contribution is 0.0693. The number of fused-ring (bicyclic) bond motifs is 1. The summed E-state index contributed by atoms with van der Waals surface area (Å²) in [4.78, 5) is 14.6. The van der Waals surface area contributed by atoms with Crippen molar-refractivity contribution in [1.29, 1.82) is 0 Å². The van der Waals surface area contributed by atoms with Crippen molar-refractivity contribution in [3.63, 3.8) is 0 Å². The van der Waals surface area contributed by atoms with Gasteiger partial charge >= 0.3 is 5.97 Å². The van der Waals surface area contributed by atoms with Crippen LogP contribution in [0.4, 0.5) is 0 Å². The molecule has 0 saturated carbocycles. The first-order valence-corrected chi connectivity index (χ1v) is 4.75. The predicted molar refractivity (Wildman–Crippen MR) is 56.4 cm³/mol. The van der Waals surface area contributed by atoms with E-state index in [-0.39, 0.29) is 5.69 Å². The van der Waals surface area contributed by atoms with Gasteiger partial charge in [-0.05, 0) is 23.6 Å². The Labute approximate surface area is 88.5 Å². The molecule has 0 saturated heterocycles. The maximum atomic E-state index is 10.8. The lowest BCUT2D eigenvalue weighted by Crippen LogP contribution is -2.00. The average molecular weight is 252 g/mol. The molecule has 0 amide bonds. The van der Waals surface area contributed by atoms with Crippen molar-refractivity contribution in [2.24, 2.45) is 0 Å². The SMILES string of the molecule is O=C(O)c1nccc2cc(Br)ccc12. The van der Waals surface area contributed by atoms with E-state index in [0.717, 1.165) is 9.86 Å². The Hall–Kier alpha value is -1.42. The van der Waals surface area contributed by atoms with Crippen molar-refractivity contribution in [3.05, 3.63) is 40.6 Å². The van der Waals surface area contributed by atoms with Gasteiger partial charge in [0.15, 0.2) is 5.69 Å². The number of carboxylic acid groups (broad SMARTS) is 1. The van der Waals surface area contributed by atoms with Crippen LogP contribution in [0.3, 0.4) is 0 Å². The minimum absolute atomic E-state index is 0.0926. The van der Waals surface area contributed by atoms with Crippen molar-refractivity contribution in [2.75, 3.05) is 0 Å². The molecular formula is C10H6BrNO2. The van der Waals surface area contributed by atoms with E-state index in [1.807, 2.05) is 6.07 Å². The number of halogens is 1. The molecule has 0 atom stereocenters. The van der Waals surface area contributed by atoms with Gasteiger partial charge in [-0.1, -0.05) is 22.0 Å². The topological polar surface area (TPSA) is 50.2 Å². The van der Waals surface area contributed by atoms with Gasteiger partial charge in [-0.3, -0.25) is 0 Å². The van der Waals surface area contributed by atoms with Gasteiger partial charge in [-0.2, -0.15) is 0 Å². The maximum absolute atomic E-state index is 10.8. The quantitative estimate of drug-likeness (QED) is 0.848. The van der Waals surface area contributed by atoms with Crippen LogP contribution < -0.4 is 0 Å². The molecule has 0 aliphatic heterocycles. The van der Waals surface area contributed by atoms with E-state index in [1.165, 1.54) is 6.20 Å². The molecule has 0 aliphatic rings. The third-order valence-corrected chi connectivity index (χ3v) is 2.42. The molecular weight excluding hydrogens is 246 g/mol. The van der Waals surface area contributed by atoms with Crippen LogP contribution in [0, 0.1) is 0 Å². The first kappa shape index (κ1) is 9.15. The minimum Gasteiger partial charge on any atom is -0.476 e. The molecule has 3 nitrogen and oxygen atoms in total. The molecule has 70 valence electrons. The van der Waals surface area contributed by atoms with Crippen LogP contribution in [0.1, 0.15) is 10.5 Å². The first-order valence-electron chi connectivity index (χ1n) is 3.96. The summed E-state index contributed by atoms with van der Waals surface area (Å²) in [5.41, 5.74) is 0.0926. The highest BCUT2D eigenvalue weighted by molar-refractivity contribution is 9.10. The highest BCUT2D eigenvalue weighted by Crippen LogP contribution is 2.21. The molecule has 0 radical (unpaired) electrons. The number of aromatic carboxylic acids is 1. The van der Waals surface area contributed by atoms with Crippen LogP contribution in [-0.4, -0.2) is 16.1 Å². The molecule has 14 heavy (non-hydrogen) atoms. The molecule has 1 N–H and O–H groups in total. The Bertz CT molecular complexity index is 510. The number of aromatic nitrogens is 1. The number of rotatable bonds is 1. The van der Waals surface area contributed by atoms with Gasteiger partial charge in [0.1, 0.15) is 0 Å². The fourth-order valence-corrected chi connectivity index (χ4v) is 1.70. The molecule has 1 aromatic carbocycles. The van der Waals surface area contributed by atoms with E-state index in [0.29, 0.717) is 5.39 Å². The fourth-order valence-electron chi connectivity index (χ4n) is 1.32. The summed E-state index contributed by atoms with van der Waals surface area (Å²) in [5.74, 6) is -1.00. The zero-order valence-electron chi connectivity index (χ0n) is 7.07. The summed E-state index contributed by atoms with van der Waals surface area (Å²) in [7, 11) is 0. The van der Waals surface area contributed by atoms with Gasteiger partial charge in [-0.25, -0.2) is 9.78 Å². The zero-order chi connectivity index (χ0) is 10.1. The van der Waals surface area contributed by atoms with Gasteiger partial charge in [-0.15, -0.1) is 0 Å². The standard InChI is InChI=1S/C10H6BrNO2/c11-7-1-2-8-6(5-7)3-4-12-9(8)10(13)14/h1-5H,(H,13,14). The van der Waals surface area contributed by atoms with Crippen LogP contribution in [-0.2, 0) is 0 Å². The van der Waals surface area contributed by atoms with Crippen LogP contribution in [0.25, 0.3) is 10.8 Å². The molecule has 0 aliphatic carbocycles. The summed E-state index contributed by atoms with van der Waals surface area (Å²) in [6, 6.07) is 7.20. The molecule has 0 spiro atoms. The van der Waals surface area contributed by atoms with Gasteiger partial charge in [0, 0.05) is 16.1 Å². The van der Waals surface area contributed by atoms with Crippen LogP contribution in [0.5, 0.6) is 0 Å². The number of carbonyl (C=O) groups is 1. The number of hydrogen-bond acceptors (Lipinski definition) is 2. The second kappa shape index (κ2) is 3.38.